The molecule has 3 aromatic rings. The Hall–Kier alpha value is -2.46. The molecular weight excluding hydrogens is 352 g/mol. The van der Waals surface area contributed by atoms with Crippen LogP contribution in [0.2, 0.25) is 0 Å². The predicted molar refractivity (Wildman–Crippen MR) is 110 cm³/mol. The van der Waals surface area contributed by atoms with E-state index in [1.807, 2.05) is 12.3 Å². The number of aryl methyl sites for hydroxylation is 3. The molecule has 1 aromatic heterocycles. The monoisotopic (exact) mass is 376 g/mol. The normalized spacial score (nSPS) is 15.6. The van der Waals surface area contributed by atoms with Gasteiger partial charge in [-0.25, -0.2) is 4.98 Å². The molecule has 0 bridgehead atoms. The third-order valence-corrected chi connectivity index (χ3v) is 6.09. The van der Waals surface area contributed by atoms with Crippen molar-refractivity contribution < 1.29 is 4.79 Å². The van der Waals surface area contributed by atoms with Gasteiger partial charge in [-0.1, -0.05) is 54.1 Å². The van der Waals surface area contributed by atoms with Gasteiger partial charge in [0, 0.05) is 11.9 Å². The summed E-state index contributed by atoms with van der Waals surface area (Å²) < 4.78 is 0. The standard InChI is InChI=1S/C23H24N2OS/c1-16-7-9-18(10-8-16)14-25(23(26)13-20-15-27-17(2)24-20)22-12-11-19-5-3-4-6-21(19)22/h3-10,15,22H,11-14H2,1-2H3. The molecule has 2 aromatic carbocycles. The van der Waals surface area contributed by atoms with Crippen molar-refractivity contribution in [1.29, 1.82) is 0 Å². The van der Waals surface area contributed by atoms with E-state index in [1.165, 1.54) is 22.3 Å². The summed E-state index contributed by atoms with van der Waals surface area (Å²) in [5.41, 5.74) is 5.96. The molecule has 3 nitrogen and oxygen atoms in total. The van der Waals surface area contributed by atoms with Gasteiger partial charge < -0.3 is 4.90 Å². The molecular formula is C23H24N2OS. The minimum absolute atomic E-state index is 0.148. The zero-order valence-electron chi connectivity index (χ0n) is 15.8. The molecule has 1 unspecified atom stereocenters. The molecule has 4 rings (SSSR count). The highest BCUT2D eigenvalue weighted by molar-refractivity contribution is 7.09. The van der Waals surface area contributed by atoms with Crippen LogP contribution in [0.15, 0.2) is 53.9 Å². The van der Waals surface area contributed by atoms with E-state index in [-0.39, 0.29) is 11.9 Å². The number of benzene rings is 2. The van der Waals surface area contributed by atoms with Crippen molar-refractivity contribution in [3.05, 3.63) is 86.9 Å². The van der Waals surface area contributed by atoms with Crippen LogP contribution in [0.5, 0.6) is 0 Å². The fraction of sp³-hybridized carbons (Fsp3) is 0.304. The molecule has 0 radical (unpaired) electrons. The molecule has 1 aliphatic rings. The van der Waals surface area contributed by atoms with Crippen LogP contribution in [-0.4, -0.2) is 15.8 Å². The Morgan fingerprint density at radius 1 is 1.15 bits per heavy atom. The first-order valence-electron chi connectivity index (χ1n) is 9.44. The summed E-state index contributed by atoms with van der Waals surface area (Å²) in [4.78, 5) is 19.8. The van der Waals surface area contributed by atoms with E-state index in [0.29, 0.717) is 13.0 Å². The van der Waals surface area contributed by atoms with Crippen molar-refractivity contribution in [1.82, 2.24) is 9.88 Å². The Labute approximate surface area is 164 Å². The first-order valence-corrected chi connectivity index (χ1v) is 10.3. The zero-order valence-corrected chi connectivity index (χ0v) is 16.6. The number of rotatable bonds is 5. The van der Waals surface area contributed by atoms with Crippen LogP contribution in [0, 0.1) is 13.8 Å². The lowest BCUT2D eigenvalue weighted by molar-refractivity contribution is -0.133. The fourth-order valence-electron chi connectivity index (χ4n) is 3.87. The maximum absolute atomic E-state index is 13.3. The SMILES string of the molecule is Cc1ccc(CN(C(=O)Cc2csc(C)n2)C2CCc3ccccc32)cc1. The van der Waals surface area contributed by atoms with Crippen LogP contribution in [-0.2, 0) is 24.2 Å². The highest BCUT2D eigenvalue weighted by Gasteiger charge is 2.31. The lowest BCUT2D eigenvalue weighted by atomic mass is 10.0. The van der Waals surface area contributed by atoms with Crippen LogP contribution in [0.25, 0.3) is 0 Å². The summed E-state index contributed by atoms with van der Waals surface area (Å²) >= 11 is 1.60. The van der Waals surface area contributed by atoms with Crippen LogP contribution in [0.1, 0.15) is 45.4 Å². The van der Waals surface area contributed by atoms with Gasteiger partial charge in [-0.15, -0.1) is 11.3 Å². The molecule has 27 heavy (non-hydrogen) atoms. The number of fused-ring (bicyclic) bond motifs is 1. The Bertz CT molecular complexity index is 945. The largest absolute Gasteiger partial charge is 0.331 e. The number of hydrogen-bond donors (Lipinski definition) is 0. The molecule has 0 saturated carbocycles. The third kappa shape index (κ3) is 3.96. The fourth-order valence-corrected chi connectivity index (χ4v) is 4.48. The average molecular weight is 377 g/mol. The average Bonchev–Trinajstić information content (AvgIpc) is 3.27. The second kappa shape index (κ2) is 7.65. The molecule has 0 N–H and O–H groups in total. The number of thiazole rings is 1. The number of amides is 1. The molecule has 4 heteroatoms. The molecule has 0 fully saturated rings. The summed E-state index contributed by atoms with van der Waals surface area (Å²) in [5.74, 6) is 0.155. The molecule has 1 amide bonds. The van der Waals surface area contributed by atoms with E-state index in [1.54, 1.807) is 11.3 Å². The highest BCUT2D eigenvalue weighted by Crippen LogP contribution is 2.36. The Morgan fingerprint density at radius 3 is 2.67 bits per heavy atom. The van der Waals surface area contributed by atoms with Gasteiger partial charge in [0.15, 0.2) is 0 Å². The van der Waals surface area contributed by atoms with Crippen molar-refractivity contribution in [2.24, 2.45) is 0 Å². The van der Waals surface area contributed by atoms with E-state index in [2.05, 4.69) is 65.3 Å². The molecule has 0 spiro atoms. The summed E-state index contributed by atoms with van der Waals surface area (Å²) in [7, 11) is 0. The van der Waals surface area contributed by atoms with Gasteiger partial charge in [-0.2, -0.15) is 0 Å². The lowest BCUT2D eigenvalue weighted by Crippen LogP contribution is -2.34. The summed E-state index contributed by atoms with van der Waals surface area (Å²) in [6.45, 7) is 4.71. The van der Waals surface area contributed by atoms with Crippen LogP contribution in [0.3, 0.4) is 0 Å². The number of aromatic nitrogens is 1. The van der Waals surface area contributed by atoms with Crippen molar-refractivity contribution in [2.75, 3.05) is 0 Å². The van der Waals surface area contributed by atoms with Gasteiger partial charge in [0.2, 0.25) is 5.91 Å². The van der Waals surface area contributed by atoms with E-state index in [9.17, 15) is 4.79 Å². The van der Waals surface area contributed by atoms with Crippen LogP contribution >= 0.6 is 11.3 Å². The number of carbonyl (C=O) groups is 1. The van der Waals surface area contributed by atoms with Gasteiger partial charge in [0.25, 0.3) is 0 Å². The first kappa shape index (κ1) is 17.9. The van der Waals surface area contributed by atoms with E-state index < -0.39 is 0 Å². The number of carbonyl (C=O) groups excluding carboxylic acids is 1. The first-order chi connectivity index (χ1) is 13.1. The zero-order chi connectivity index (χ0) is 18.8. The third-order valence-electron chi connectivity index (χ3n) is 5.27. The Morgan fingerprint density at radius 2 is 1.93 bits per heavy atom. The van der Waals surface area contributed by atoms with Crippen molar-refractivity contribution in [3.63, 3.8) is 0 Å². The quantitative estimate of drug-likeness (QED) is 0.626. The lowest BCUT2D eigenvalue weighted by Gasteiger charge is -2.30. The minimum Gasteiger partial charge on any atom is -0.331 e. The van der Waals surface area contributed by atoms with E-state index in [0.717, 1.165) is 23.5 Å². The van der Waals surface area contributed by atoms with E-state index >= 15 is 0 Å². The van der Waals surface area contributed by atoms with Gasteiger partial charge in [0.1, 0.15) is 0 Å². The topological polar surface area (TPSA) is 33.2 Å². The highest BCUT2D eigenvalue weighted by atomic mass is 32.1. The van der Waals surface area contributed by atoms with Gasteiger partial charge in [-0.05, 0) is 43.4 Å². The maximum Gasteiger partial charge on any atom is 0.229 e. The van der Waals surface area contributed by atoms with Crippen LogP contribution in [0.4, 0.5) is 0 Å². The molecule has 1 atom stereocenters. The number of hydrogen-bond acceptors (Lipinski definition) is 3. The second-order valence-electron chi connectivity index (χ2n) is 7.30. The van der Waals surface area contributed by atoms with Crippen molar-refractivity contribution in [2.45, 2.75) is 45.7 Å². The Kier molecular flexibility index (Phi) is 5.08. The maximum atomic E-state index is 13.3. The second-order valence-corrected chi connectivity index (χ2v) is 8.36. The predicted octanol–water partition coefficient (Wildman–Crippen LogP) is 5.02. The van der Waals surface area contributed by atoms with Crippen molar-refractivity contribution >= 4 is 17.2 Å². The minimum atomic E-state index is 0.148. The van der Waals surface area contributed by atoms with Crippen molar-refractivity contribution in [3.8, 4) is 0 Å². The van der Waals surface area contributed by atoms with E-state index in [4.69, 9.17) is 0 Å². The molecule has 1 aliphatic carbocycles. The van der Waals surface area contributed by atoms with Gasteiger partial charge >= 0.3 is 0 Å². The molecule has 0 saturated heterocycles. The summed E-state index contributed by atoms with van der Waals surface area (Å²) in [5, 5.41) is 3.01. The Balaban J connectivity index is 1.62. The molecule has 138 valence electrons. The molecule has 1 heterocycles. The summed E-state index contributed by atoms with van der Waals surface area (Å²) in [6.07, 6.45) is 2.40. The van der Waals surface area contributed by atoms with Gasteiger partial charge in [0.05, 0.1) is 23.2 Å². The number of nitrogens with zero attached hydrogens (tertiary/aromatic N) is 2. The summed E-state index contributed by atoms with van der Waals surface area (Å²) in [6, 6.07) is 17.2. The smallest absolute Gasteiger partial charge is 0.229 e. The van der Waals surface area contributed by atoms with Crippen LogP contribution < -0.4 is 0 Å². The molecule has 0 aliphatic heterocycles. The van der Waals surface area contributed by atoms with Gasteiger partial charge in [-0.3, -0.25) is 4.79 Å².